The first-order valence-electron chi connectivity index (χ1n) is 6.14. The summed E-state index contributed by atoms with van der Waals surface area (Å²) >= 11 is 6.02. The van der Waals surface area contributed by atoms with Gasteiger partial charge in [-0.2, -0.15) is 0 Å². The van der Waals surface area contributed by atoms with Gasteiger partial charge < -0.3 is 5.32 Å². The second kappa shape index (κ2) is 6.06. The van der Waals surface area contributed by atoms with E-state index in [1.54, 1.807) is 6.07 Å². The third kappa shape index (κ3) is 4.19. The van der Waals surface area contributed by atoms with Gasteiger partial charge in [0.2, 0.25) is 0 Å². The highest BCUT2D eigenvalue weighted by Gasteiger charge is 2.19. The maximum Gasteiger partial charge on any atom is 0.137 e. The minimum atomic E-state index is -0.141. The van der Waals surface area contributed by atoms with Gasteiger partial charge in [-0.1, -0.05) is 51.6 Å². The van der Waals surface area contributed by atoms with Crippen LogP contribution in [-0.2, 0) is 5.41 Å². The number of terminal acetylenes is 1. The van der Waals surface area contributed by atoms with Crippen LogP contribution >= 0.6 is 11.6 Å². The van der Waals surface area contributed by atoms with Crippen LogP contribution in [0.4, 0.5) is 5.82 Å². The van der Waals surface area contributed by atoms with E-state index < -0.39 is 0 Å². The molecule has 1 N–H and O–H groups in total. The van der Waals surface area contributed by atoms with Crippen molar-refractivity contribution in [3.05, 3.63) is 17.0 Å². The van der Waals surface area contributed by atoms with Crippen LogP contribution in [0.1, 0.15) is 46.4 Å². The van der Waals surface area contributed by atoms with E-state index in [-0.39, 0.29) is 11.5 Å². The molecule has 0 aliphatic rings. The van der Waals surface area contributed by atoms with Crippen molar-refractivity contribution in [3.63, 3.8) is 0 Å². The van der Waals surface area contributed by atoms with Crippen LogP contribution < -0.4 is 5.32 Å². The summed E-state index contributed by atoms with van der Waals surface area (Å²) in [5, 5.41) is 3.65. The Morgan fingerprint density at radius 1 is 1.44 bits per heavy atom. The molecular formula is C14H20ClN3. The van der Waals surface area contributed by atoms with Crippen LogP contribution in [-0.4, -0.2) is 16.0 Å². The van der Waals surface area contributed by atoms with Gasteiger partial charge >= 0.3 is 0 Å². The SMILES string of the molecule is C#CC(CCC)Nc1cc(Cl)nc(C(C)(C)C)n1. The first-order chi connectivity index (χ1) is 8.36. The monoisotopic (exact) mass is 265 g/mol. The Hall–Kier alpha value is -1.27. The fraction of sp³-hybridized carbons (Fsp3) is 0.571. The number of hydrogen-bond acceptors (Lipinski definition) is 3. The molecule has 18 heavy (non-hydrogen) atoms. The Kier molecular flexibility index (Phi) is 4.98. The van der Waals surface area contributed by atoms with Crippen LogP contribution in [0.5, 0.6) is 0 Å². The minimum absolute atomic E-state index is 0.0196. The molecule has 98 valence electrons. The standard InChI is InChI=1S/C14H20ClN3/c1-6-8-10(7-2)16-12-9-11(15)17-13(18-12)14(3,4)5/h2,9-10H,6,8H2,1,3-5H3,(H,16,17,18). The molecule has 1 aromatic rings. The maximum atomic E-state index is 6.02. The van der Waals surface area contributed by atoms with Gasteiger partial charge in [0, 0.05) is 11.5 Å². The number of aromatic nitrogens is 2. The number of hydrogen-bond donors (Lipinski definition) is 1. The highest BCUT2D eigenvalue weighted by Crippen LogP contribution is 2.22. The van der Waals surface area contributed by atoms with E-state index in [1.165, 1.54) is 0 Å². The summed E-state index contributed by atoms with van der Waals surface area (Å²) in [7, 11) is 0. The molecule has 1 aromatic heterocycles. The summed E-state index contributed by atoms with van der Waals surface area (Å²) in [5.41, 5.74) is -0.141. The minimum Gasteiger partial charge on any atom is -0.356 e. The van der Waals surface area contributed by atoms with Crippen molar-refractivity contribution in [1.82, 2.24) is 9.97 Å². The molecule has 4 heteroatoms. The Balaban J connectivity index is 2.97. The molecule has 0 spiro atoms. The van der Waals surface area contributed by atoms with Crippen molar-refractivity contribution in [1.29, 1.82) is 0 Å². The summed E-state index contributed by atoms with van der Waals surface area (Å²) in [6, 6.07) is 1.69. The van der Waals surface area contributed by atoms with Gasteiger partial charge in [0.15, 0.2) is 0 Å². The van der Waals surface area contributed by atoms with Crippen molar-refractivity contribution in [2.75, 3.05) is 5.32 Å². The molecule has 0 aliphatic heterocycles. The summed E-state index contributed by atoms with van der Waals surface area (Å²) < 4.78 is 0. The Morgan fingerprint density at radius 3 is 2.61 bits per heavy atom. The van der Waals surface area contributed by atoms with Crippen LogP contribution in [0.3, 0.4) is 0 Å². The molecule has 3 nitrogen and oxygen atoms in total. The first kappa shape index (κ1) is 14.8. The highest BCUT2D eigenvalue weighted by molar-refractivity contribution is 6.29. The van der Waals surface area contributed by atoms with Gasteiger partial charge in [-0.05, 0) is 6.42 Å². The molecule has 0 radical (unpaired) electrons. The maximum absolute atomic E-state index is 6.02. The van der Waals surface area contributed by atoms with E-state index in [2.05, 4.69) is 28.1 Å². The zero-order valence-corrected chi connectivity index (χ0v) is 12.2. The number of nitrogens with one attached hydrogen (secondary N) is 1. The lowest BCUT2D eigenvalue weighted by Crippen LogP contribution is -2.21. The fourth-order valence-electron chi connectivity index (χ4n) is 1.49. The highest BCUT2D eigenvalue weighted by atomic mass is 35.5. The quantitative estimate of drug-likeness (QED) is 0.667. The summed E-state index contributed by atoms with van der Waals surface area (Å²) in [5.74, 6) is 4.12. The van der Waals surface area contributed by atoms with Gasteiger partial charge in [-0.15, -0.1) is 6.42 Å². The van der Waals surface area contributed by atoms with E-state index in [9.17, 15) is 0 Å². The summed E-state index contributed by atoms with van der Waals surface area (Å²) in [6.45, 7) is 8.24. The molecular weight excluding hydrogens is 246 g/mol. The molecule has 1 atom stereocenters. The second-order valence-electron chi connectivity index (χ2n) is 5.30. The van der Waals surface area contributed by atoms with E-state index in [1.807, 2.05) is 20.8 Å². The van der Waals surface area contributed by atoms with Gasteiger partial charge in [-0.25, -0.2) is 9.97 Å². The van der Waals surface area contributed by atoms with E-state index in [0.29, 0.717) is 16.8 Å². The molecule has 0 saturated carbocycles. The average Bonchev–Trinajstić information content (AvgIpc) is 2.26. The number of nitrogens with zero attached hydrogens (tertiary/aromatic N) is 2. The summed E-state index contributed by atoms with van der Waals surface area (Å²) in [6.07, 6.45) is 7.41. The lowest BCUT2D eigenvalue weighted by atomic mass is 9.96. The van der Waals surface area contributed by atoms with Crippen LogP contribution in [0.25, 0.3) is 0 Å². The third-order valence-corrected chi connectivity index (χ3v) is 2.66. The van der Waals surface area contributed by atoms with Crippen LogP contribution in [0.2, 0.25) is 5.15 Å². The number of halogens is 1. The van der Waals surface area contributed by atoms with Gasteiger partial charge in [0.1, 0.15) is 16.8 Å². The second-order valence-corrected chi connectivity index (χ2v) is 5.69. The Labute approximate surface area is 114 Å². The van der Waals surface area contributed by atoms with E-state index in [0.717, 1.165) is 12.8 Å². The molecule has 0 amide bonds. The number of rotatable bonds is 4. The van der Waals surface area contributed by atoms with Gasteiger partial charge in [0.05, 0.1) is 6.04 Å². The predicted molar refractivity (Wildman–Crippen MR) is 76.9 cm³/mol. The van der Waals surface area contributed by atoms with Crippen molar-refractivity contribution >= 4 is 17.4 Å². The topological polar surface area (TPSA) is 37.8 Å². The molecule has 1 unspecified atom stereocenters. The molecule has 0 aliphatic carbocycles. The van der Waals surface area contributed by atoms with Crippen molar-refractivity contribution in [2.45, 2.75) is 52.0 Å². The largest absolute Gasteiger partial charge is 0.356 e. The van der Waals surface area contributed by atoms with Crippen molar-refractivity contribution < 1.29 is 0 Å². The lowest BCUT2D eigenvalue weighted by molar-refractivity contribution is 0.545. The van der Waals surface area contributed by atoms with E-state index >= 15 is 0 Å². The van der Waals surface area contributed by atoms with E-state index in [4.69, 9.17) is 18.0 Å². The molecule has 1 rings (SSSR count). The molecule has 1 heterocycles. The normalized spacial score (nSPS) is 12.9. The molecule has 0 saturated heterocycles. The van der Waals surface area contributed by atoms with Gasteiger partial charge in [0.25, 0.3) is 0 Å². The lowest BCUT2D eigenvalue weighted by Gasteiger charge is -2.19. The molecule has 0 bridgehead atoms. The summed E-state index contributed by atoms with van der Waals surface area (Å²) in [4.78, 5) is 8.72. The number of anilines is 1. The molecule has 0 fully saturated rings. The molecule has 0 aromatic carbocycles. The van der Waals surface area contributed by atoms with Crippen LogP contribution in [0, 0.1) is 12.3 Å². The average molecular weight is 266 g/mol. The zero-order valence-electron chi connectivity index (χ0n) is 11.4. The van der Waals surface area contributed by atoms with Crippen LogP contribution in [0.15, 0.2) is 6.07 Å². The Bertz CT molecular complexity index is 443. The third-order valence-electron chi connectivity index (χ3n) is 2.47. The Morgan fingerprint density at radius 2 is 2.11 bits per heavy atom. The zero-order chi connectivity index (χ0) is 13.8. The smallest absolute Gasteiger partial charge is 0.137 e. The fourth-order valence-corrected chi connectivity index (χ4v) is 1.67. The predicted octanol–water partition coefficient (Wildman–Crippen LogP) is 3.64. The van der Waals surface area contributed by atoms with Gasteiger partial charge in [-0.3, -0.25) is 0 Å². The van der Waals surface area contributed by atoms with Crippen molar-refractivity contribution in [3.8, 4) is 12.3 Å². The first-order valence-corrected chi connectivity index (χ1v) is 6.52. The van der Waals surface area contributed by atoms with Crippen molar-refractivity contribution in [2.24, 2.45) is 0 Å².